The van der Waals surface area contributed by atoms with Gasteiger partial charge in [0.1, 0.15) is 5.60 Å². The molecule has 1 aliphatic rings. The maximum atomic E-state index is 11.2. The number of rotatable bonds is 0. The number of carbonyl (C=O) groups is 1. The standard InChI is InChI=1S/C9H16O2/c1-6-4-5-8(10)9(3,11)7(6)2/h6-7,11H,4-5H2,1-3H3/t6-,7+,9?/m1/s1. The molecule has 0 aromatic rings. The molecule has 0 aromatic carbocycles. The molecule has 64 valence electrons. The molecular formula is C9H16O2. The van der Waals surface area contributed by atoms with Crippen molar-refractivity contribution in [1.82, 2.24) is 0 Å². The molecule has 0 heterocycles. The van der Waals surface area contributed by atoms with Crippen LogP contribution in [-0.2, 0) is 4.79 Å². The lowest BCUT2D eigenvalue weighted by atomic mass is 9.71. The molecule has 0 radical (unpaired) electrons. The van der Waals surface area contributed by atoms with Crippen molar-refractivity contribution < 1.29 is 9.90 Å². The van der Waals surface area contributed by atoms with E-state index in [9.17, 15) is 9.90 Å². The third-order valence-corrected chi connectivity index (χ3v) is 3.13. The zero-order valence-corrected chi connectivity index (χ0v) is 7.42. The minimum Gasteiger partial charge on any atom is -0.382 e. The first-order chi connectivity index (χ1) is 4.96. The molecule has 0 saturated heterocycles. The highest BCUT2D eigenvalue weighted by Crippen LogP contribution is 2.34. The van der Waals surface area contributed by atoms with E-state index in [1.165, 1.54) is 0 Å². The molecule has 1 aliphatic carbocycles. The molecule has 1 rings (SSSR count). The van der Waals surface area contributed by atoms with Crippen molar-refractivity contribution >= 4 is 5.78 Å². The minimum absolute atomic E-state index is 0.00287. The van der Waals surface area contributed by atoms with Gasteiger partial charge in [0, 0.05) is 6.42 Å². The smallest absolute Gasteiger partial charge is 0.164 e. The van der Waals surface area contributed by atoms with E-state index in [0.29, 0.717) is 12.3 Å². The average molecular weight is 156 g/mol. The fraction of sp³-hybridized carbons (Fsp3) is 0.889. The van der Waals surface area contributed by atoms with E-state index in [-0.39, 0.29) is 11.7 Å². The fourth-order valence-electron chi connectivity index (χ4n) is 1.67. The van der Waals surface area contributed by atoms with Gasteiger partial charge in [-0.15, -0.1) is 0 Å². The van der Waals surface area contributed by atoms with Crippen molar-refractivity contribution in [1.29, 1.82) is 0 Å². The Kier molecular flexibility index (Phi) is 2.06. The monoisotopic (exact) mass is 156 g/mol. The van der Waals surface area contributed by atoms with E-state index in [1.54, 1.807) is 6.92 Å². The van der Waals surface area contributed by atoms with Crippen LogP contribution < -0.4 is 0 Å². The highest BCUT2D eigenvalue weighted by atomic mass is 16.3. The van der Waals surface area contributed by atoms with Gasteiger partial charge < -0.3 is 5.11 Å². The third-order valence-electron chi connectivity index (χ3n) is 3.13. The zero-order valence-electron chi connectivity index (χ0n) is 7.42. The predicted octanol–water partition coefficient (Wildman–Crippen LogP) is 1.37. The molecule has 3 atom stereocenters. The van der Waals surface area contributed by atoms with Gasteiger partial charge in [-0.3, -0.25) is 4.79 Å². The molecule has 0 bridgehead atoms. The van der Waals surface area contributed by atoms with Crippen LogP contribution in [0, 0.1) is 11.8 Å². The first-order valence-electron chi connectivity index (χ1n) is 4.22. The minimum atomic E-state index is -1.07. The lowest BCUT2D eigenvalue weighted by Gasteiger charge is -2.37. The quantitative estimate of drug-likeness (QED) is 0.575. The van der Waals surface area contributed by atoms with E-state index in [2.05, 4.69) is 6.92 Å². The van der Waals surface area contributed by atoms with Gasteiger partial charge >= 0.3 is 0 Å². The summed E-state index contributed by atoms with van der Waals surface area (Å²) < 4.78 is 0. The summed E-state index contributed by atoms with van der Waals surface area (Å²) in [5, 5.41) is 9.73. The Hall–Kier alpha value is -0.370. The Morgan fingerprint density at radius 1 is 1.55 bits per heavy atom. The molecule has 0 aromatic heterocycles. The lowest BCUT2D eigenvalue weighted by molar-refractivity contribution is -0.147. The van der Waals surface area contributed by atoms with Gasteiger partial charge in [0.05, 0.1) is 0 Å². The van der Waals surface area contributed by atoms with Gasteiger partial charge in [-0.25, -0.2) is 0 Å². The maximum Gasteiger partial charge on any atom is 0.164 e. The van der Waals surface area contributed by atoms with E-state index in [1.807, 2.05) is 6.92 Å². The first kappa shape index (κ1) is 8.72. The van der Waals surface area contributed by atoms with Crippen molar-refractivity contribution in [3.05, 3.63) is 0 Å². The second-order valence-corrected chi connectivity index (χ2v) is 3.88. The van der Waals surface area contributed by atoms with Crippen LogP contribution in [0.25, 0.3) is 0 Å². The Balaban J connectivity index is 2.80. The molecule has 11 heavy (non-hydrogen) atoms. The molecule has 1 N–H and O–H groups in total. The summed E-state index contributed by atoms with van der Waals surface area (Å²) in [5.74, 6) is 0.564. The number of aliphatic hydroxyl groups is 1. The van der Waals surface area contributed by atoms with Gasteiger partial charge in [0.25, 0.3) is 0 Å². The summed E-state index contributed by atoms with van der Waals surface area (Å²) in [4.78, 5) is 11.2. The number of Topliss-reactive ketones (excluding diaryl/α,β-unsaturated/α-hetero) is 1. The topological polar surface area (TPSA) is 37.3 Å². The summed E-state index contributed by atoms with van der Waals surface area (Å²) in [6.07, 6.45) is 1.47. The van der Waals surface area contributed by atoms with Gasteiger partial charge in [-0.05, 0) is 25.2 Å². The largest absolute Gasteiger partial charge is 0.382 e. The molecule has 0 spiro atoms. The average Bonchev–Trinajstić information content (AvgIpc) is 1.95. The van der Waals surface area contributed by atoms with E-state index >= 15 is 0 Å². The van der Waals surface area contributed by atoms with Crippen LogP contribution in [-0.4, -0.2) is 16.5 Å². The summed E-state index contributed by atoms with van der Waals surface area (Å²) >= 11 is 0. The van der Waals surface area contributed by atoms with E-state index < -0.39 is 5.60 Å². The van der Waals surface area contributed by atoms with Crippen molar-refractivity contribution in [2.45, 2.75) is 39.2 Å². The second-order valence-electron chi connectivity index (χ2n) is 3.88. The first-order valence-corrected chi connectivity index (χ1v) is 4.22. The van der Waals surface area contributed by atoms with Crippen LogP contribution in [0.5, 0.6) is 0 Å². The number of ketones is 1. The van der Waals surface area contributed by atoms with Crippen molar-refractivity contribution in [2.24, 2.45) is 11.8 Å². The van der Waals surface area contributed by atoms with E-state index in [4.69, 9.17) is 0 Å². The molecule has 2 nitrogen and oxygen atoms in total. The summed E-state index contributed by atoms with van der Waals surface area (Å²) in [7, 11) is 0. The Bertz CT molecular complexity index is 172. The lowest BCUT2D eigenvalue weighted by Crippen LogP contribution is -2.47. The predicted molar refractivity (Wildman–Crippen MR) is 43.2 cm³/mol. The number of hydrogen-bond acceptors (Lipinski definition) is 2. The van der Waals surface area contributed by atoms with Crippen molar-refractivity contribution in [3.63, 3.8) is 0 Å². The van der Waals surface area contributed by atoms with Crippen LogP contribution in [0.4, 0.5) is 0 Å². The third kappa shape index (κ3) is 1.32. The molecule has 0 aliphatic heterocycles. The SMILES string of the molecule is C[C@@H]1CCC(=O)C(C)(O)[C@H]1C. The molecule has 1 unspecified atom stereocenters. The number of carbonyl (C=O) groups excluding carboxylic acids is 1. The van der Waals surface area contributed by atoms with Crippen LogP contribution >= 0.6 is 0 Å². The van der Waals surface area contributed by atoms with Gasteiger partial charge in [-0.2, -0.15) is 0 Å². The van der Waals surface area contributed by atoms with Gasteiger partial charge in [0.15, 0.2) is 5.78 Å². The fourth-order valence-corrected chi connectivity index (χ4v) is 1.67. The Labute approximate surface area is 67.6 Å². The maximum absolute atomic E-state index is 11.2. The van der Waals surface area contributed by atoms with Crippen LogP contribution in [0.2, 0.25) is 0 Å². The zero-order chi connectivity index (χ0) is 8.65. The normalized spacial score (nSPS) is 46.0. The summed E-state index contributed by atoms with van der Waals surface area (Å²) in [5.41, 5.74) is -1.07. The second kappa shape index (κ2) is 2.59. The Morgan fingerprint density at radius 2 is 2.09 bits per heavy atom. The van der Waals surface area contributed by atoms with Crippen LogP contribution in [0.1, 0.15) is 33.6 Å². The number of hydrogen-bond donors (Lipinski definition) is 1. The highest BCUT2D eigenvalue weighted by Gasteiger charge is 2.42. The van der Waals surface area contributed by atoms with Crippen LogP contribution in [0.3, 0.4) is 0 Å². The molecule has 1 fully saturated rings. The van der Waals surface area contributed by atoms with Crippen molar-refractivity contribution in [3.8, 4) is 0 Å². The molecule has 0 amide bonds. The summed E-state index contributed by atoms with van der Waals surface area (Å²) in [6, 6.07) is 0. The van der Waals surface area contributed by atoms with Crippen LogP contribution in [0.15, 0.2) is 0 Å². The Morgan fingerprint density at radius 3 is 2.55 bits per heavy atom. The van der Waals surface area contributed by atoms with E-state index in [0.717, 1.165) is 6.42 Å². The van der Waals surface area contributed by atoms with Gasteiger partial charge in [-0.1, -0.05) is 13.8 Å². The van der Waals surface area contributed by atoms with Gasteiger partial charge in [0.2, 0.25) is 0 Å². The summed E-state index contributed by atoms with van der Waals surface area (Å²) in [6.45, 7) is 5.67. The van der Waals surface area contributed by atoms with Crippen molar-refractivity contribution in [2.75, 3.05) is 0 Å². The molecule has 2 heteroatoms. The highest BCUT2D eigenvalue weighted by molar-refractivity contribution is 5.87. The molecule has 1 saturated carbocycles. The molecular weight excluding hydrogens is 140 g/mol.